The van der Waals surface area contributed by atoms with Crippen LogP contribution in [0.3, 0.4) is 0 Å². The third-order valence-corrected chi connectivity index (χ3v) is 7.25. The van der Waals surface area contributed by atoms with E-state index in [0.717, 1.165) is 56.7 Å². The lowest BCUT2D eigenvalue weighted by Gasteiger charge is -2.36. The maximum Gasteiger partial charge on any atom is 0.282 e. The number of fused-ring (bicyclic) bond motifs is 1. The highest BCUT2D eigenvalue weighted by molar-refractivity contribution is 7.17. The Hall–Kier alpha value is -2.58. The van der Waals surface area contributed by atoms with Gasteiger partial charge in [-0.3, -0.25) is 9.59 Å². The molecule has 0 radical (unpaired) electrons. The van der Waals surface area contributed by atoms with Crippen molar-refractivity contribution in [3.8, 4) is 5.75 Å². The first kappa shape index (κ1) is 19.7. The fraction of sp³-hybridized carbons (Fsp3) is 0.429. The van der Waals surface area contributed by atoms with E-state index in [0.29, 0.717) is 10.6 Å². The number of quaternary nitrogens is 1. The quantitative estimate of drug-likeness (QED) is 0.580. The predicted octanol–water partition coefficient (Wildman–Crippen LogP) is 0.773. The number of nitrogens with one attached hydrogen (secondary N) is 2. The van der Waals surface area contributed by atoms with Gasteiger partial charge in [0.2, 0.25) is 0 Å². The molecule has 0 unspecified atom stereocenters. The van der Waals surface area contributed by atoms with Crippen molar-refractivity contribution in [2.45, 2.75) is 32.2 Å². The molecule has 1 aliphatic heterocycles. The van der Waals surface area contributed by atoms with Crippen LogP contribution in [0.5, 0.6) is 5.75 Å². The molecule has 1 aromatic carbocycles. The van der Waals surface area contributed by atoms with E-state index in [1.807, 2.05) is 25.1 Å². The zero-order valence-corrected chi connectivity index (χ0v) is 17.3. The average Bonchev–Trinajstić information content (AvgIpc) is 3.28. The monoisotopic (exact) mass is 415 g/mol. The van der Waals surface area contributed by atoms with Crippen LogP contribution in [0.1, 0.15) is 34.1 Å². The lowest BCUT2D eigenvalue weighted by Crippen LogP contribution is -3.19. The molecule has 2 heterocycles. The number of carbonyl (C=O) groups excluding carboxylic acids is 2. The summed E-state index contributed by atoms with van der Waals surface area (Å²) in [6, 6.07) is 7.10. The van der Waals surface area contributed by atoms with Crippen LogP contribution < -0.4 is 20.9 Å². The summed E-state index contributed by atoms with van der Waals surface area (Å²) in [6.07, 6.45) is 2.85. The van der Waals surface area contributed by atoms with Crippen LogP contribution in [0.4, 0.5) is 10.7 Å². The summed E-state index contributed by atoms with van der Waals surface area (Å²) in [5.41, 5.74) is 7.96. The van der Waals surface area contributed by atoms with Crippen molar-refractivity contribution < 1.29 is 19.6 Å². The highest BCUT2D eigenvalue weighted by atomic mass is 32.1. The number of amides is 2. The minimum Gasteiger partial charge on any atom is -0.506 e. The summed E-state index contributed by atoms with van der Waals surface area (Å²) in [5.74, 6) is -0.263. The molecule has 8 heteroatoms. The SMILES string of the molecule is C[C@H](C(=O)Nc1sc2c(c1C(N)=O)CCC2)[NH+]1CCN(c2ccccc2O)CC1. The number of phenols is 1. The Morgan fingerprint density at radius 1 is 1.24 bits per heavy atom. The van der Waals surface area contributed by atoms with E-state index in [9.17, 15) is 14.7 Å². The number of primary amides is 1. The van der Waals surface area contributed by atoms with E-state index in [2.05, 4.69) is 10.2 Å². The van der Waals surface area contributed by atoms with Crippen LogP contribution in [0, 0.1) is 0 Å². The Kier molecular flexibility index (Phi) is 5.47. The number of nitrogens with two attached hydrogens (primary N) is 1. The molecule has 1 aromatic heterocycles. The number of anilines is 2. The van der Waals surface area contributed by atoms with Crippen LogP contribution in [0.25, 0.3) is 0 Å². The maximum absolute atomic E-state index is 12.9. The third kappa shape index (κ3) is 3.82. The summed E-state index contributed by atoms with van der Waals surface area (Å²) in [4.78, 5) is 29.3. The first-order chi connectivity index (χ1) is 14.0. The zero-order valence-electron chi connectivity index (χ0n) is 16.5. The Morgan fingerprint density at radius 3 is 2.66 bits per heavy atom. The summed E-state index contributed by atoms with van der Waals surface area (Å²) < 4.78 is 0. The summed E-state index contributed by atoms with van der Waals surface area (Å²) in [7, 11) is 0. The first-order valence-electron chi connectivity index (χ1n) is 10.1. The molecule has 1 aliphatic carbocycles. The molecule has 1 fully saturated rings. The van der Waals surface area contributed by atoms with Crippen molar-refractivity contribution in [1.29, 1.82) is 0 Å². The van der Waals surface area contributed by atoms with Gasteiger partial charge in [0.15, 0.2) is 6.04 Å². The van der Waals surface area contributed by atoms with E-state index in [1.54, 1.807) is 6.07 Å². The van der Waals surface area contributed by atoms with Gasteiger partial charge in [0, 0.05) is 4.88 Å². The number of carbonyl (C=O) groups is 2. The molecule has 0 bridgehead atoms. The number of phenolic OH excluding ortho intramolecular Hbond substituents is 1. The van der Waals surface area contributed by atoms with Crippen molar-refractivity contribution in [3.63, 3.8) is 0 Å². The number of thiophene rings is 1. The van der Waals surface area contributed by atoms with Crippen molar-refractivity contribution >= 4 is 33.8 Å². The largest absolute Gasteiger partial charge is 0.506 e. The highest BCUT2D eigenvalue weighted by Gasteiger charge is 2.32. The lowest BCUT2D eigenvalue weighted by atomic mass is 10.1. The van der Waals surface area contributed by atoms with Gasteiger partial charge in [-0.15, -0.1) is 11.3 Å². The number of rotatable bonds is 5. The molecule has 2 aliphatic rings. The molecule has 7 nitrogen and oxygen atoms in total. The van der Waals surface area contributed by atoms with Crippen molar-refractivity contribution in [2.24, 2.45) is 5.73 Å². The van der Waals surface area contributed by atoms with Gasteiger partial charge in [-0.1, -0.05) is 12.1 Å². The zero-order chi connectivity index (χ0) is 20.5. The fourth-order valence-corrected chi connectivity index (χ4v) is 5.66. The topological polar surface area (TPSA) is 100 Å². The van der Waals surface area contributed by atoms with E-state index in [-0.39, 0.29) is 17.7 Å². The van der Waals surface area contributed by atoms with Crippen molar-refractivity contribution in [2.75, 3.05) is 36.4 Å². The normalized spacial score (nSPS) is 17.8. The van der Waals surface area contributed by atoms with Crippen LogP contribution in [-0.2, 0) is 17.6 Å². The van der Waals surface area contributed by atoms with E-state index < -0.39 is 5.91 Å². The molecular formula is C21H27N4O3S+. The molecule has 2 amide bonds. The second-order valence-corrected chi connectivity index (χ2v) is 8.88. The molecule has 5 N–H and O–H groups in total. The molecule has 0 spiro atoms. The number of piperazine rings is 1. The van der Waals surface area contributed by atoms with E-state index >= 15 is 0 Å². The van der Waals surface area contributed by atoms with Crippen LogP contribution in [0.15, 0.2) is 24.3 Å². The van der Waals surface area contributed by atoms with Gasteiger partial charge in [-0.05, 0) is 43.9 Å². The molecule has 0 saturated carbocycles. The van der Waals surface area contributed by atoms with Crippen molar-refractivity contribution in [3.05, 3.63) is 40.3 Å². The molecule has 4 rings (SSSR count). The minimum absolute atomic E-state index is 0.0848. The molecular weight excluding hydrogens is 388 g/mol. The number of aryl methyl sites for hydroxylation is 1. The van der Waals surface area contributed by atoms with Gasteiger partial charge in [-0.25, -0.2) is 0 Å². The predicted molar refractivity (Wildman–Crippen MR) is 114 cm³/mol. The summed E-state index contributed by atoms with van der Waals surface area (Å²) >= 11 is 1.49. The van der Waals surface area contributed by atoms with Gasteiger partial charge in [0.25, 0.3) is 11.8 Å². The number of aromatic hydroxyl groups is 1. The molecule has 29 heavy (non-hydrogen) atoms. The maximum atomic E-state index is 12.9. The second kappa shape index (κ2) is 8.04. The molecule has 1 saturated heterocycles. The number of hydrogen-bond donors (Lipinski definition) is 4. The molecule has 2 aromatic rings. The summed E-state index contributed by atoms with van der Waals surface area (Å²) in [5, 5.41) is 13.6. The number of benzene rings is 1. The first-order valence-corrected chi connectivity index (χ1v) is 10.9. The standard InChI is InChI=1S/C21H26N4O3S/c1-13(24-9-11-25(12-10-24)15-6-2-3-7-16(15)26)20(28)23-21-18(19(22)27)14-5-4-8-17(14)29-21/h2-3,6-7,13,26H,4-5,8-12H2,1H3,(H2,22,27)(H,23,28)/p+1/t13-/m1/s1. The minimum atomic E-state index is -0.462. The van der Waals surface area contributed by atoms with Crippen molar-refractivity contribution in [1.82, 2.24) is 0 Å². The van der Waals surface area contributed by atoms with Gasteiger partial charge >= 0.3 is 0 Å². The van der Waals surface area contributed by atoms with Gasteiger partial charge in [0.1, 0.15) is 10.8 Å². The average molecular weight is 416 g/mol. The Bertz CT molecular complexity index is 934. The Balaban J connectivity index is 1.40. The number of nitrogens with zero attached hydrogens (tertiary/aromatic N) is 1. The molecule has 154 valence electrons. The fourth-order valence-electron chi connectivity index (χ4n) is 4.36. The smallest absolute Gasteiger partial charge is 0.282 e. The van der Waals surface area contributed by atoms with Gasteiger partial charge in [-0.2, -0.15) is 0 Å². The molecule has 1 atom stereocenters. The van der Waals surface area contributed by atoms with Crippen LogP contribution in [0.2, 0.25) is 0 Å². The van der Waals surface area contributed by atoms with E-state index in [4.69, 9.17) is 5.73 Å². The Morgan fingerprint density at radius 2 is 1.97 bits per heavy atom. The van der Waals surface area contributed by atoms with Gasteiger partial charge < -0.3 is 26.0 Å². The van der Waals surface area contributed by atoms with Crippen LogP contribution >= 0.6 is 11.3 Å². The van der Waals surface area contributed by atoms with Crippen LogP contribution in [-0.4, -0.2) is 49.1 Å². The number of hydrogen-bond acceptors (Lipinski definition) is 5. The highest BCUT2D eigenvalue weighted by Crippen LogP contribution is 2.38. The number of para-hydroxylation sites is 2. The third-order valence-electron chi connectivity index (χ3n) is 6.04. The Labute approximate surface area is 174 Å². The lowest BCUT2D eigenvalue weighted by molar-refractivity contribution is -0.914. The second-order valence-electron chi connectivity index (χ2n) is 7.77. The van der Waals surface area contributed by atoms with Gasteiger partial charge in [0.05, 0.1) is 37.4 Å². The van der Waals surface area contributed by atoms with E-state index in [1.165, 1.54) is 21.1 Å². The summed E-state index contributed by atoms with van der Waals surface area (Å²) in [6.45, 7) is 5.05.